The Hall–Kier alpha value is -0.300. The third-order valence-corrected chi connectivity index (χ3v) is 6.64. The quantitative estimate of drug-likeness (QED) is 0.704. The van der Waals surface area contributed by atoms with Crippen LogP contribution in [0.25, 0.3) is 0 Å². The van der Waals surface area contributed by atoms with E-state index in [0.29, 0.717) is 19.0 Å². The van der Waals surface area contributed by atoms with Gasteiger partial charge in [-0.1, -0.05) is 24.9 Å². The van der Waals surface area contributed by atoms with E-state index in [9.17, 15) is 13.2 Å². The number of likely N-dealkylation sites (tertiary alicyclic amines) is 1. The van der Waals surface area contributed by atoms with E-state index < -0.39 is 9.05 Å². The summed E-state index contributed by atoms with van der Waals surface area (Å²) in [5.74, 6) is 0.276. The molecule has 116 valence electrons. The fourth-order valence-electron chi connectivity index (χ4n) is 2.40. The first-order valence-corrected chi connectivity index (χ1v) is 9.95. The van der Waals surface area contributed by atoms with Crippen molar-refractivity contribution in [2.75, 3.05) is 13.1 Å². The van der Waals surface area contributed by atoms with Gasteiger partial charge in [-0.05, 0) is 40.4 Å². The predicted molar refractivity (Wildman–Crippen MR) is 86.5 cm³/mol. The number of carbonyl (C=O) groups is 1. The first kappa shape index (κ1) is 17.1. The molecule has 0 spiro atoms. The summed E-state index contributed by atoms with van der Waals surface area (Å²) < 4.78 is 23.3. The summed E-state index contributed by atoms with van der Waals surface area (Å²) in [7, 11) is 1.40. The zero-order valence-corrected chi connectivity index (χ0v) is 15.2. The standard InChI is InChI=1S/C13H14BrCl2NO3S/c1-2-8-3-4-17(7-8)13(18)9-5-10(15)12(14)11(6-9)21(16,19)20/h5-6,8H,2-4,7H2,1H3. The van der Waals surface area contributed by atoms with Crippen molar-refractivity contribution in [1.82, 2.24) is 4.90 Å². The van der Waals surface area contributed by atoms with Gasteiger partial charge in [0.25, 0.3) is 15.0 Å². The van der Waals surface area contributed by atoms with Crippen LogP contribution in [0, 0.1) is 5.92 Å². The number of rotatable bonds is 3. The van der Waals surface area contributed by atoms with E-state index in [2.05, 4.69) is 22.9 Å². The maximum Gasteiger partial charge on any atom is 0.262 e. The Morgan fingerprint density at radius 1 is 1.48 bits per heavy atom. The van der Waals surface area contributed by atoms with Crippen molar-refractivity contribution >= 4 is 53.2 Å². The van der Waals surface area contributed by atoms with Crippen LogP contribution in [0.5, 0.6) is 0 Å². The highest BCUT2D eigenvalue weighted by Gasteiger charge is 2.28. The minimum Gasteiger partial charge on any atom is -0.338 e. The van der Waals surface area contributed by atoms with E-state index in [1.807, 2.05) is 0 Å². The normalized spacial score (nSPS) is 19.0. The number of hydrogen-bond donors (Lipinski definition) is 0. The van der Waals surface area contributed by atoms with Gasteiger partial charge in [0, 0.05) is 29.3 Å². The van der Waals surface area contributed by atoms with E-state index in [1.54, 1.807) is 4.90 Å². The molecule has 0 bridgehead atoms. The van der Waals surface area contributed by atoms with E-state index in [0.717, 1.165) is 12.8 Å². The molecular formula is C13H14BrCl2NO3S. The second-order valence-electron chi connectivity index (χ2n) is 5.02. The second kappa shape index (κ2) is 6.44. The maximum absolute atomic E-state index is 12.5. The highest BCUT2D eigenvalue weighted by Crippen LogP contribution is 2.34. The lowest BCUT2D eigenvalue weighted by molar-refractivity contribution is 0.0786. The number of carbonyl (C=O) groups excluding carboxylic acids is 1. The Morgan fingerprint density at radius 2 is 2.14 bits per heavy atom. The van der Waals surface area contributed by atoms with Gasteiger partial charge in [0.1, 0.15) is 0 Å². The van der Waals surface area contributed by atoms with Crippen molar-refractivity contribution in [2.24, 2.45) is 5.92 Å². The lowest BCUT2D eigenvalue weighted by Gasteiger charge is -2.17. The van der Waals surface area contributed by atoms with Crippen molar-refractivity contribution in [1.29, 1.82) is 0 Å². The van der Waals surface area contributed by atoms with Crippen molar-refractivity contribution in [2.45, 2.75) is 24.7 Å². The van der Waals surface area contributed by atoms with Crippen LogP contribution in [0.2, 0.25) is 5.02 Å². The summed E-state index contributed by atoms with van der Waals surface area (Å²) in [5.41, 5.74) is 0.235. The van der Waals surface area contributed by atoms with Gasteiger partial charge in [-0.2, -0.15) is 0 Å². The largest absolute Gasteiger partial charge is 0.338 e. The topological polar surface area (TPSA) is 54.5 Å². The molecule has 0 radical (unpaired) electrons. The third kappa shape index (κ3) is 3.73. The summed E-state index contributed by atoms with van der Waals surface area (Å²) in [5, 5.41) is 0.145. The summed E-state index contributed by atoms with van der Waals surface area (Å²) in [6.07, 6.45) is 1.99. The lowest BCUT2D eigenvalue weighted by Crippen LogP contribution is -2.28. The Bertz CT molecular complexity index is 678. The molecular weight excluding hydrogens is 401 g/mol. The minimum absolute atomic E-state index is 0.145. The van der Waals surface area contributed by atoms with Gasteiger partial charge >= 0.3 is 0 Å². The molecule has 0 aromatic heterocycles. The molecule has 1 atom stereocenters. The molecule has 0 aliphatic carbocycles. The average molecular weight is 415 g/mol. The summed E-state index contributed by atoms with van der Waals surface area (Å²) in [6, 6.07) is 2.72. The molecule has 1 aromatic rings. The summed E-state index contributed by atoms with van der Waals surface area (Å²) in [4.78, 5) is 14.0. The van der Waals surface area contributed by atoms with Crippen LogP contribution in [-0.2, 0) is 9.05 Å². The zero-order valence-electron chi connectivity index (χ0n) is 11.3. The lowest BCUT2D eigenvalue weighted by atomic mass is 10.1. The Balaban J connectivity index is 2.37. The fraction of sp³-hybridized carbons (Fsp3) is 0.462. The van der Waals surface area contributed by atoms with E-state index in [4.69, 9.17) is 22.3 Å². The third-order valence-electron chi connectivity index (χ3n) is 3.65. The van der Waals surface area contributed by atoms with Crippen LogP contribution in [-0.4, -0.2) is 32.3 Å². The Labute approximate surface area is 142 Å². The second-order valence-corrected chi connectivity index (χ2v) is 8.76. The van der Waals surface area contributed by atoms with Crippen LogP contribution in [0.4, 0.5) is 0 Å². The summed E-state index contributed by atoms with van der Waals surface area (Å²) >= 11 is 9.07. The molecule has 8 heteroatoms. The van der Waals surface area contributed by atoms with Crippen molar-refractivity contribution in [3.63, 3.8) is 0 Å². The molecule has 2 rings (SSSR count). The van der Waals surface area contributed by atoms with Gasteiger partial charge in [0.2, 0.25) is 0 Å². The molecule has 1 fully saturated rings. The van der Waals surface area contributed by atoms with Crippen molar-refractivity contribution < 1.29 is 13.2 Å². The summed E-state index contributed by atoms with van der Waals surface area (Å²) in [6.45, 7) is 3.45. The van der Waals surface area contributed by atoms with Gasteiger partial charge in [-0.15, -0.1) is 0 Å². The highest BCUT2D eigenvalue weighted by atomic mass is 79.9. The van der Waals surface area contributed by atoms with E-state index in [-0.39, 0.29) is 25.9 Å². The molecule has 1 aliphatic heterocycles. The van der Waals surface area contributed by atoms with Crippen molar-refractivity contribution in [3.8, 4) is 0 Å². The first-order valence-electron chi connectivity index (χ1n) is 6.47. The molecule has 1 aromatic carbocycles. The van der Waals surface area contributed by atoms with E-state index in [1.165, 1.54) is 12.1 Å². The molecule has 21 heavy (non-hydrogen) atoms. The smallest absolute Gasteiger partial charge is 0.262 e. The number of benzene rings is 1. The minimum atomic E-state index is -3.98. The molecule has 1 heterocycles. The monoisotopic (exact) mass is 413 g/mol. The van der Waals surface area contributed by atoms with Crippen molar-refractivity contribution in [3.05, 3.63) is 27.2 Å². The molecule has 0 saturated carbocycles. The first-order chi connectivity index (χ1) is 9.74. The Morgan fingerprint density at radius 3 is 2.67 bits per heavy atom. The fourth-order valence-corrected chi connectivity index (χ4v) is 4.78. The SMILES string of the molecule is CCC1CCN(C(=O)c2cc(Cl)c(Br)c(S(=O)(=O)Cl)c2)C1. The number of halogens is 3. The van der Waals surface area contributed by atoms with Crippen LogP contribution in [0.3, 0.4) is 0 Å². The van der Waals surface area contributed by atoms with Gasteiger partial charge in [-0.25, -0.2) is 8.42 Å². The van der Waals surface area contributed by atoms with Crippen LogP contribution in [0.1, 0.15) is 30.1 Å². The molecule has 4 nitrogen and oxygen atoms in total. The molecule has 1 saturated heterocycles. The van der Waals surface area contributed by atoms with Gasteiger partial charge in [0.15, 0.2) is 0 Å². The van der Waals surface area contributed by atoms with Crippen LogP contribution < -0.4 is 0 Å². The van der Waals surface area contributed by atoms with Gasteiger partial charge < -0.3 is 4.90 Å². The zero-order chi connectivity index (χ0) is 15.8. The van der Waals surface area contributed by atoms with Gasteiger partial charge in [0.05, 0.1) is 14.4 Å². The Kier molecular flexibility index (Phi) is 5.23. The maximum atomic E-state index is 12.5. The number of amides is 1. The van der Waals surface area contributed by atoms with Gasteiger partial charge in [-0.3, -0.25) is 4.79 Å². The molecule has 0 N–H and O–H groups in total. The average Bonchev–Trinajstić information content (AvgIpc) is 2.88. The highest BCUT2D eigenvalue weighted by molar-refractivity contribution is 9.10. The van der Waals surface area contributed by atoms with Crippen LogP contribution >= 0.6 is 38.2 Å². The van der Waals surface area contributed by atoms with Crippen LogP contribution in [0.15, 0.2) is 21.5 Å². The molecule has 1 aliphatic rings. The predicted octanol–water partition coefficient (Wildman–Crippen LogP) is 3.90. The van der Waals surface area contributed by atoms with E-state index >= 15 is 0 Å². The molecule has 1 unspecified atom stereocenters. The number of hydrogen-bond acceptors (Lipinski definition) is 3. The molecule has 1 amide bonds. The number of nitrogens with zero attached hydrogens (tertiary/aromatic N) is 1.